The molecule has 1 saturated heterocycles. The Morgan fingerprint density at radius 3 is 2.40 bits per heavy atom. The Labute approximate surface area is 182 Å². The molecule has 0 aliphatic carbocycles. The maximum atomic E-state index is 12.9. The molecule has 7 nitrogen and oxygen atoms in total. The number of benzene rings is 2. The van der Waals surface area contributed by atoms with Crippen molar-refractivity contribution in [2.45, 2.75) is 0 Å². The lowest BCUT2D eigenvalue weighted by atomic mass is 10.1. The minimum Gasteiger partial charge on any atom is -0.477 e. The SMILES string of the molecule is O=C(O)c1cc(N2CCOCC2)c2cccc(NC(=O)c3c(Cl)cccc3Cl)c2n1. The lowest BCUT2D eigenvalue weighted by Crippen LogP contribution is -2.36. The van der Waals surface area contributed by atoms with E-state index in [2.05, 4.69) is 15.2 Å². The normalized spacial score (nSPS) is 14.0. The minimum atomic E-state index is -1.15. The first-order valence-electron chi connectivity index (χ1n) is 9.21. The highest BCUT2D eigenvalue weighted by Crippen LogP contribution is 2.33. The Hall–Kier alpha value is -2.87. The summed E-state index contributed by atoms with van der Waals surface area (Å²) in [5, 5.41) is 13.5. The first-order chi connectivity index (χ1) is 14.5. The Kier molecular flexibility index (Phi) is 5.76. The Morgan fingerprint density at radius 1 is 1.07 bits per heavy atom. The van der Waals surface area contributed by atoms with Gasteiger partial charge < -0.3 is 20.1 Å². The predicted octanol–water partition coefficient (Wildman–Crippen LogP) is 4.33. The lowest BCUT2D eigenvalue weighted by molar-refractivity contribution is 0.0690. The second kappa shape index (κ2) is 8.47. The van der Waals surface area contributed by atoms with E-state index in [4.69, 9.17) is 27.9 Å². The van der Waals surface area contributed by atoms with Gasteiger partial charge in [0.1, 0.15) is 0 Å². The van der Waals surface area contributed by atoms with Gasteiger partial charge >= 0.3 is 5.97 Å². The van der Waals surface area contributed by atoms with Crippen LogP contribution in [0.3, 0.4) is 0 Å². The van der Waals surface area contributed by atoms with E-state index in [0.717, 1.165) is 11.1 Å². The largest absolute Gasteiger partial charge is 0.477 e. The van der Waals surface area contributed by atoms with Gasteiger partial charge in [0.25, 0.3) is 5.91 Å². The molecule has 0 atom stereocenters. The van der Waals surface area contributed by atoms with E-state index in [-0.39, 0.29) is 21.3 Å². The van der Waals surface area contributed by atoms with Crippen molar-refractivity contribution in [1.82, 2.24) is 4.98 Å². The Balaban J connectivity index is 1.82. The summed E-state index contributed by atoms with van der Waals surface area (Å²) < 4.78 is 5.40. The molecule has 3 aromatic rings. The number of pyridine rings is 1. The highest BCUT2D eigenvalue weighted by atomic mass is 35.5. The fraction of sp³-hybridized carbons (Fsp3) is 0.190. The van der Waals surface area contributed by atoms with Gasteiger partial charge in [-0.1, -0.05) is 41.4 Å². The van der Waals surface area contributed by atoms with Crippen LogP contribution in [-0.4, -0.2) is 48.3 Å². The van der Waals surface area contributed by atoms with Crippen LogP contribution < -0.4 is 10.2 Å². The summed E-state index contributed by atoms with van der Waals surface area (Å²) in [4.78, 5) is 30.9. The van der Waals surface area contributed by atoms with Crippen molar-refractivity contribution >= 4 is 57.4 Å². The molecule has 0 saturated carbocycles. The van der Waals surface area contributed by atoms with Gasteiger partial charge in [-0.3, -0.25) is 4.79 Å². The van der Waals surface area contributed by atoms with E-state index in [1.54, 1.807) is 36.4 Å². The van der Waals surface area contributed by atoms with Crippen molar-refractivity contribution in [3.05, 3.63) is 63.8 Å². The van der Waals surface area contributed by atoms with Crippen molar-refractivity contribution < 1.29 is 19.4 Å². The molecule has 9 heteroatoms. The molecule has 0 unspecified atom stereocenters. The number of nitrogens with one attached hydrogen (secondary N) is 1. The molecule has 154 valence electrons. The van der Waals surface area contributed by atoms with Gasteiger partial charge in [0, 0.05) is 24.2 Å². The molecule has 30 heavy (non-hydrogen) atoms. The predicted molar refractivity (Wildman–Crippen MR) is 116 cm³/mol. The molecule has 1 aromatic heterocycles. The number of hydrogen-bond acceptors (Lipinski definition) is 5. The number of hydrogen-bond donors (Lipinski definition) is 2. The molecule has 0 radical (unpaired) electrons. The van der Waals surface area contributed by atoms with E-state index >= 15 is 0 Å². The summed E-state index contributed by atoms with van der Waals surface area (Å²) in [6.07, 6.45) is 0. The van der Waals surface area contributed by atoms with Crippen LogP contribution >= 0.6 is 23.2 Å². The van der Waals surface area contributed by atoms with Crippen LogP contribution in [0.25, 0.3) is 10.9 Å². The number of para-hydroxylation sites is 1. The zero-order valence-corrected chi connectivity index (χ0v) is 17.2. The van der Waals surface area contributed by atoms with Gasteiger partial charge in [-0.05, 0) is 24.3 Å². The molecule has 4 rings (SSSR count). The fourth-order valence-electron chi connectivity index (χ4n) is 3.41. The summed E-state index contributed by atoms with van der Waals surface area (Å²) in [6, 6.07) is 11.6. The number of fused-ring (bicyclic) bond motifs is 1. The Morgan fingerprint density at radius 2 is 1.73 bits per heavy atom. The van der Waals surface area contributed by atoms with Crippen molar-refractivity contribution in [1.29, 1.82) is 0 Å². The van der Waals surface area contributed by atoms with Crippen molar-refractivity contribution in [3.63, 3.8) is 0 Å². The second-order valence-corrected chi connectivity index (χ2v) is 7.50. The lowest BCUT2D eigenvalue weighted by Gasteiger charge is -2.30. The molecule has 1 aliphatic heterocycles. The van der Waals surface area contributed by atoms with Crippen LogP contribution in [0.2, 0.25) is 10.0 Å². The standard InChI is InChI=1S/C21H17Cl2N3O4/c22-13-4-2-5-14(23)18(13)20(27)25-15-6-1-3-12-17(26-7-9-30-10-8-26)11-16(21(28)29)24-19(12)15/h1-6,11H,7-10H2,(H,25,27)(H,28,29). The zero-order chi connectivity index (χ0) is 21.3. The molecule has 0 spiro atoms. The van der Waals surface area contributed by atoms with Crippen LogP contribution in [0.5, 0.6) is 0 Å². The van der Waals surface area contributed by atoms with E-state index in [1.807, 2.05) is 6.07 Å². The number of carboxylic acid groups (broad SMARTS) is 1. The third-order valence-electron chi connectivity index (χ3n) is 4.83. The molecule has 0 bridgehead atoms. The van der Waals surface area contributed by atoms with Gasteiger partial charge in [0.05, 0.1) is 40.0 Å². The number of anilines is 2. The molecule has 1 fully saturated rings. The van der Waals surface area contributed by atoms with Crippen LogP contribution in [-0.2, 0) is 4.74 Å². The van der Waals surface area contributed by atoms with Crippen molar-refractivity contribution in [2.24, 2.45) is 0 Å². The smallest absolute Gasteiger partial charge is 0.354 e. The number of carboxylic acids is 1. The summed E-state index contributed by atoms with van der Waals surface area (Å²) in [5.41, 5.74) is 1.50. The van der Waals surface area contributed by atoms with Crippen LogP contribution in [0, 0.1) is 0 Å². The molecule has 2 heterocycles. The van der Waals surface area contributed by atoms with Gasteiger partial charge in [-0.15, -0.1) is 0 Å². The number of ether oxygens (including phenoxy) is 1. The van der Waals surface area contributed by atoms with Crippen LogP contribution in [0.4, 0.5) is 11.4 Å². The first kappa shape index (κ1) is 20.4. The highest BCUT2D eigenvalue weighted by molar-refractivity contribution is 6.40. The molecular weight excluding hydrogens is 429 g/mol. The quantitative estimate of drug-likeness (QED) is 0.620. The molecule has 2 aromatic carbocycles. The number of morpholine rings is 1. The van der Waals surface area contributed by atoms with E-state index in [9.17, 15) is 14.7 Å². The van der Waals surface area contributed by atoms with Crippen LogP contribution in [0.1, 0.15) is 20.8 Å². The van der Waals surface area contributed by atoms with Crippen LogP contribution in [0.15, 0.2) is 42.5 Å². The molecule has 1 amide bonds. The summed E-state index contributed by atoms with van der Waals surface area (Å²) >= 11 is 12.3. The molecular formula is C21H17Cl2N3O4. The average Bonchev–Trinajstić information content (AvgIpc) is 2.73. The first-order valence-corrected chi connectivity index (χ1v) is 9.96. The minimum absolute atomic E-state index is 0.110. The zero-order valence-electron chi connectivity index (χ0n) is 15.7. The number of halogens is 2. The van der Waals surface area contributed by atoms with Crippen molar-refractivity contribution in [3.8, 4) is 0 Å². The van der Waals surface area contributed by atoms with E-state index < -0.39 is 11.9 Å². The van der Waals surface area contributed by atoms with Crippen molar-refractivity contribution in [2.75, 3.05) is 36.5 Å². The number of amides is 1. The number of carbonyl (C=O) groups excluding carboxylic acids is 1. The third-order valence-corrected chi connectivity index (χ3v) is 5.46. The van der Waals surface area contributed by atoms with Gasteiger partial charge in [-0.25, -0.2) is 9.78 Å². The van der Waals surface area contributed by atoms with Gasteiger partial charge in [0.2, 0.25) is 0 Å². The van der Waals surface area contributed by atoms with E-state index in [0.29, 0.717) is 37.5 Å². The maximum absolute atomic E-state index is 12.9. The Bertz CT molecular complexity index is 1130. The molecule has 2 N–H and O–H groups in total. The van der Waals surface area contributed by atoms with E-state index in [1.165, 1.54) is 0 Å². The monoisotopic (exact) mass is 445 g/mol. The fourth-order valence-corrected chi connectivity index (χ4v) is 3.98. The third kappa shape index (κ3) is 3.92. The number of nitrogens with zero attached hydrogens (tertiary/aromatic N) is 2. The van der Waals surface area contributed by atoms with Gasteiger partial charge in [0.15, 0.2) is 5.69 Å². The number of aromatic carboxylic acids is 1. The highest BCUT2D eigenvalue weighted by Gasteiger charge is 2.21. The second-order valence-electron chi connectivity index (χ2n) is 6.68. The molecule has 1 aliphatic rings. The summed E-state index contributed by atoms with van der Waals surface area (Å²) in [7, 11) is 0. The summed E-state index contributed by atoms with van der Waals surface area (Å²) in [6.45, 7) is 2.36. The summed E-state index contributed by atoms with van der Waals surface area (Å²) in [5.74, 6) is -1.66. The topological polar surface area (TPSA) is 91.8 Å². The number of rotatable bonds is 4. The average molecular weight is 446 g/mol. The number of aromatic nitrogens is 1. The maximum Gasteiger partial charge on any atom is 0.354 e. The van der Waals surface area contributed by atoms with Gasteiger partial charge in [-0.2, -0.15) is 0 Å². The number of carbonyl (C=O) groups is 2.